The summed E-state index contributed by atoms with van der Waals surface area (Å²) >= 11 is 1.40. The van der Waals surface area contributed by atoms with E-state index in [-0.39, 0.29) is 18.1 Å². The molecule has 210 valence electrons. The minimum absolute atomic E-state index is 0.0598. The maximum Gasteiger partial charge on any atom is 0.246 e. The second-order valence-corrected chi connectivity index (χ2v) is 10.1. The molecule has 0 bridgehead atoms. The normalized spacial score (nSPS) is 11.8. The number of allylic oxidation sites excluding steroid dienone is 3. The molecule has 0 aliphatic rings. The van der Waals surface area contributed by atoms with Crippen molar-refractivity contribution in [3.8, 4) is 11.3 Å². The number of carbonyl (C=O) groups is 1. The Kier molecular flexibility index (Phi) is 9.56. The lowest BCUT2D eigenvalue weighted by Crippen LogP contribution is -2.26. The van der Waals surface area contributed by atoms with Crippen LogP contribution in [0.3, 0.4) is 0 Å². The van der Waals surface area contributed by atoms with Crippen molar-refractivity contribution in [1.82, 2.24) is 38.7 Å². The summed E-state index contributed by atoms with van der Waals surface area (Å²) in [5.74, 6) is -0.419. The molecule has 2 N–H and O–H groups in total. The summed E-state index contributed by atoms with van der Waals surface area (Å²) in [6.07, 6.45) is 11.9. The number of amides is 1. The van der Waals surface area contributed by atoms with Gasteiger partial charge in [0.15, 0.2) is 11.5 Å². The van der Waals surface area contributed by atoms with Gasteiger partial charge in [0, 0.05) is 30.2 Å². The summed E-state index contributed by atoms with van der Waals surface area (Å²) in [6, 6.07) is 2.06. The van der Waals surface area contributed by atoms with Crippen molar-refractivity contribution in [2.45, 2.75) is 46.7 Å². The third-order valence-electron chi connectivity index (χ3n) is 6.12. The summed E-state index contributed by atoms with van der Waals surface area (Å²) in [5.41, 5.74) is 4.30. The molecule has 0 aliphatic carbocycles. The van der Waals surface area contributed by atoms with Gasteiger partial charge in [0.1, 0.15) is 17.4 Å². The van der Waals surface area contributed by atoms with Gasteiger partial charge < -0.3 is 10.6 Å². The van der Waals surface area contributed by atoms with Gasteiger partial charge in [0.05, 0.1) is 29.5 Å². The number of rotatable bonds is 14. The minimum Gasteiger partial charge on any atom is -0.328 e. The van der Waals surface area contributed by atoms with Crippen LogP contribution >= 0.6 is 11.5 Å². The molecule has 0 fully saturated rings. The molecule has 12 heteroatoms. The molecule has 4 rings (SSSR count). The third-order valence-corrected chi connectivity index (χ3v) is 6.87. The van der Waals surface area contributed by atoms with Crippen molar-refractivity contribution < 1.29 is 9.18 Å². The van der Waals surface area contributed by atoms with E-state index in [1.807, 2.05) is 17.5 Å². The first-order valence-corrected chi connectivity index (χ1v) is 13.9. The zero-order chi connectivity index (χ0) is 28.6. The van der Waals surface area contributed by atoms with Crippen LogP contribution in [-0.2, 0) is 17.9 Å². The number of imidazole rings is 1. The van der Waals surface area contributed by atoms with Crippen LogP contribution in [0.25, 0.3) is 16.9 Å². The van der Waals surface area contributed by atoms with Crippen LogP contribution in [0.1, 0.15) is 38.1 Å². The fourth-order valence-electron chi connectivity index (χ4n) is 4.17. The first-order valence-electron chi connectivity index (χ1n) is 13.1. The maximum absolute atomic E-state index is 13.1. The van der Waals surface area contributed by atoms with Gasteiger partial charge in [-0.1, -0.05) is 33.4 Å². The molecular weight excluding hydrogens is 529 g/mol. The Hall–Kier alpha value is -4.16. The van der Waals surface area contributed by atoms with E-state index in [4.69, 9.17) is 0 Å². The van der Waals surface area contributed by atoms with Crippen molar-refractivity contribution in [3.05, 3.63) is 79.1 Å². The van der Waals surface area contributed by atoms with Crippen molar-refractivity contribution in [1.29, 1.82) is 0 Å². The summed E-state index contributed by atoms with van der Waals surface area (Å²) in [7, 11) is 0. The highest BCUT2D eigenvalue weighted by atomic mass is 32.1. The summed E-state index contributed by atoms with van der Waals surface area (Å²) in [4.78, 5) is 24.1. The number of hydrogen-bond acceptors (Lipinski definition) is 8. The van der Waals surface area contributed by atoms with E-state index in [0.29, 0.717) is 11.5 Å². The molecule has 0 atom stereocenters. The molecule has 4 aromatic heterocycles. The average molecular weight is 564 g/mol. The topological polar surface area (TPSA) is 105 Å². The smallest absolute Gasteiger partial charge is 0.246 e. The summed E-state index contributed by atoms with van der Waals surface area (Å²) in [6.45, 7) is 15.8. The molecule has 4 heterocycles. The monoisotopic (exact) mass is 563 g/mol. The van der Waals surface area contributed by atoms with Gasteiger partial charge in [-0.15, -0.1) is 0 Å². The number of unbranched alkanes of at least 4 members (excludes halogenated alkanes) is 1. The predicted molar refractivity (Wildman–Crippen MR) is 157 cm³/mol. The Bertz CT molecular complexity index is 1530. The second kappa shape index (κ2) is 13.3. The van der Waals surface area contributed by atoms with Crippen LogP contribution in [0.2, 0.25) is 0 Å². The number of aryl methyl sites for hydroxylation is 1. The number of halogens is 1. The van der Waals surface area contributed by atoms with Crippen LogP contribution < -0.4 is 10.6 Å². The highest BCUT2D eigenvalue weighted by Crippen LogP contribution is 2.28. The second-order valence-electron chi connectivity index (χ2n) is 9.32. The van der Waals surface area contributed by atoms with E-state index < -0.39 is 5.83 Å². The molecule has 1 amide bonds. The SMILES string of the molecule is C=C/C(=C\C(=C)F)NC(=O)Cn1cc(-c2cnc3c(Nc4cc(CN(CC)CCCC)ns4)nc(C)cn23)cn1. The average Bonchev–Trinajstić information content (AvgIpc) is 3.66. The molecule has 0 radical (unpaired) electrons. The molecule has 10 nitrogen and oxygen atoms in total. The summed E-state index contributed by atoms with van der Waals surface area (Å²) in [5, 5.41) is 11.2. The Morgan fingerprint density at radius 3 is 2.83 bits per heavy atom. The molecule has 0 unspecified atom stereocenters. The van der Waals surface area contributed by atoms with E-state index in [1.165, 1.54) is 35.1 Å². The molecule has 0 saturated carbocycles. The Labute approximate surface area is 237 Å². The first kappa shape index (κ1) is 28.8. The molecule has 0 spiro atoms. The number of nitrogens with zero attached hydrogens (tertiary/aromatic N) is 7. The fraction of sp³-hybridized carbons (Fsp3) is 0.321. The molecule has 0 aromatic carbocycles. The van der Waals surface area contributed by atoms with E-state index in [1.54, 1.807) is 18.6 Å². The lowest BCUT2D eigenvalue weighted by atomic mass is 10.3. The van der Waals surface area contributed by atoms with E-state index in [2.05, 4.69) is 68.0 Å². The highest BCUT2D eigenvalue weighted by molar-refractivity contribution is 7.10. The van der Waals surface area contributed by atoms with Crippen molar-refractivity contribution in [2.75, 3.05) is 18.4 Å². The number of aromatic nitrogens is 6. The van der Waals surface area contributed by atoms with Crippen LogP contribution in [0, 0.1) is 6.92 Å². The van der Waals surface area contributed by atoms with E-state index >= 15 is 0 Å². The molecule has 0 aliphatic heterocycles. The highest BCUT2D eigenvalue weighted by Gasteiger charge is 2.16. The fourth-order valence-corrected chi connectivity index (χ4v) is 4.83. The number of nitrogens with one attached hydrogen (secondary N) is 2. The van der Waals surface area contributed by atoms with Gasteiger partial charge in [0.25, 0.3) is 0 Å². The van der Waals surface area contributed by atoms with Gasteiger partial charge in [-0.3, -0.25) is 18.8 Å². The number of anilines is 2. The number of hydrogen-bond donors (Lipinski definition) is 2. The lowest BCUT2D eigenvalue weighted by Gasteiger charge is -2.18. The van der Waals surface area contributed by atoms with Crippen molar-refractivity contribution in [2.24, 2.45) is 0 Å². The van der Waals surface area contributed by atoms with Crippen LogP contribution in [0.5, 0.6) is 0 Å². The van der Waals surface area contributed by atoms with E-state index in [0.717, 1.165) is 53.4 Å². The van der Waals surface area contributed by atoms with Gasteiger partial charge >= 0.3 is 0 Å². The summed E-state index contributed by atoms with van der Waals surface area (Å²) < 4.78 is 21.2. The van der Waals surface area contributed by atoms with E-state index in [9.17, 15) is 9.18 Å². The quantitative estimate of drug-likeness (QED) is 0.198. The largest absolute Gasteiger partial charge is 0.328 e. The number of carbonyl (C=O) groups excluding carboxylic acids is 1. The van der Waals surface area contributed by atoms with Gasteiger partial charge in [-0.05, 0) is 56.2 Å². The number of fused-ring (bicyclic) bond motifs is 1. The molecule has 4 aromatic rings. The van der Waals surface area contributed by atoms with Gasteiger partial charge in [0.2, 0.25) is 5.91 Å². The third kappa shape index (κ3) is 7.27. The Morgan fingerprint density at radius 1 is 1.27 bits per heavy atom. The predicted octanol–water partition coefficient (Wildman–Crippen LogP) is 5.39. The standard InChI is InChI=1S/C28H34FN9OS/c1-6-9-10-36(8-3)17-23-12-26(40-35-23)34-27-28-30-14-24(38(28)15-20(5)32-27)21-13-31-37(16-21)18-25(39)33-22(7-2)11-19(4)29/h7,11-16H,2,4,6,8-10,17-18H2,1,3,5H3,(H,32,34)(H,33,39)/b22-11+. The zero-order valence-corrected chi connectivity index (χ0v) is 23.8. The minimum atomic E-state index is -0.677. The van der Waals surface area contributed by atoms with Crippen molar-refractivity contribution >= 4 is 33.9 Å². The van der Waals surface area contributed by atoms with Crippen LogP contribution in [0.4, 0.5) is 15.2 Å². The van der Waals surface area contributed by atoms with Crippen LogP contribution in [-0.4, -0.2) is 52.4 Å². The van der Waals surface area contributed by atoms with Crippen molar-refractivity contribution in [3.63, 3.8) is 0 Å². The molecular formula is C28H34FN9OS. The lowest BCUT2D eigenvalue weighted by molar-refractivity contribution is -0.121. The zero-order valence-electron chi connectivity index (χ0n) is 23.0. The molecule has 40 heavy (non-hydrogen) atoms. The maximum atomic E-state index is 13.1. The van der Waals surface area contributed by atoms with Gasteiger partial charge in [-0.25, -0.2) is 14.4 Å². The molecule has 0 saturated heterocycles. The Balaban J connectivity index is 1.50. The Morgan fingerprint density at radius 2 is 2.10 bits per heavy atom. The van der Waals surface area contributed by atoms with Crippen LogP contribution in [0.15, 0.2) is 67.7 Å². The first-order chi connectivity index (χ1) is 19.3. The van der Waals surface area contributed by atoms with Gasteiger partial charge in [-0.2, -0.15) is 9.47 Å².